The van der Waals surface area contributed by atoms with Crippen LogP contribution in [0.4, 0.5) is 0 Å². The molecule has 0 aromatic heterocycles. The molecular formula is C4H4ClN3. The minimum absolute atomic E-state index is 0.0924. The smallest absolute Gasteiger partial charge is 0.102 e. The molecular weight excluding hydrogens is 126 g/mol. The van der Waals surface area contributed by atoms with Gasteiger partial charge in [0.1, 0.15) is 13.1 Å². The van der Waals surface area contributed by atoms with E-state index >= 15 is 0 Å². The van der Waals surface area contributed by atoms with Crippen molar-refractivity contribution in [3.8, 4) is 12.1 Å². The summed E-state index contributed by atoms with van der Waals surface area (Å²) >= 11 is 5.27. The van der Waals surface area contributed by atoms with E-state index in [9.17, 15) is 0 Å². The lowest BCUT2D eigenvalue weighted by Gasteiger charge is -1.98. The Morgan fingerprint density at radius 3 is 1.88 bits per heavy atom. The molecule has 0 aliphatic heterocycles. The summed E-state index contributed by atoms with van der Waals surface area (Å²) in [6.07, 6.45) is 0. The highest BCUT2D eigenvalue weighted by molar-refractivity contribution is 6.13. The predicted octanol–water partition coefficient (Wildman–Crippen LogP) is 0.489. The van der Waals surface area contributed by atoms with Crippen LogP contribution in [-0.2, 0) is 0 Å². The second kappa shape index (κ2) is 4.39. The van der Waals surface area contributed by atoms with E-state index in [0.717, 1.165) is 4.42 Å². The second-order valence-corrected chi connectivity index (χ2v) is 1.57. The fourth-order valence-electron chi connectivity index (χ4n) is 0.209. The molecule has 8 heavy (non-hydrogen) atoms. The van der Waals surface area contributed by atoms with Crippen LogP contribution in [0.5, 0.6) is 0 Å². The van der Waals surface area contributed by atoms with E-state index in [4.69, 9.17) is 22.3 Å². The van der Waals surface area contributed by atoms with Gasteiger partial charge in [-0.2, -0.15) is 14.9 Å². The first-order valence-corrected chi connectivity index (χ1v) is 2.29. The van der Waals surface area contributed by atoms with Gasteiger partial charge in [-0.3, -0.25) is 0 Å². The van der Waals surface area contributed by atoms with E-state index in [1.54, 1.807) is 12.1 Å². The van der Waals surface area contributed by atoms with Crippen LogP contribution >= 0.6 is 11.8 Å². The van der Waals surface area contributed by atoms with E-state index in [-0.39, 0.29) is 13.1 Å². The van der Waals surface area contributed by atoms with E-state index in [1.807, 2.05) is 0 Å². The zero-order valence-electron chi connectivity index (χ0n) is 4.13. The Labute approximate surface area is 52.8 Å². The molecule has 0 aliphatic rings. The van der Waals surface area contributed by atoms with Gasteiger partial charge < -0.3 is 0 Å². The highest BCUT2D eigenvalue weighted by Crippen LogP contribution is 1.88. The first-order chi connectivity index (χ1) is 3.81. The SMILES string of the molecule is N#CCN(Cl)CC#N. The summed E-state index contributed by atoms with van der Waals surface area (Å²) in [5, 5.41) is 16.0. The molecule has 0 spiro atoms. The summed E-state index contributed by atoms with van der Waals surface area (Å²) in [7, 11) is 0. The first kappa shape index (κ1) is 7.23. The number of nitriles is 2. The third-order valence-corrected chi connectivity index (χ3v) is 0.724. The predicted molar refractivity (Wildman–Crippen MR) is 28.7 cm³/mol. The summed E-state index contributed by atoms with van der Waals surface area (Å²) in [6.45, 7) is 0.185. The molecule has 0 atom stereocenters. The molecule has 3 nitrogen and oxygen atoms in total. The molecule has 0 aromatic rings. The monoisotopic (exact) mass is 129 g/mol. The molecule has 0 heterocycles. The van der Waals surface area contributed by atoms with Crippen LogP contribution in [0.1, 0.15) is 0 Å². The molecule has 0 aromatic carbocycles. The van der Waals surface area contributed by atoms with Crippen LogP contribution in [0.2, 0.25) is 0 Å². The van der Waals surface area contributed by atoms with Crippen LogP contribution in [0, 0.1) is 22.7 Å². The number of hydrogen-bond donors (Lipinski definition) is 0. The zero-order valence-corrected chi connectivity index (χ0v) is 4.89. The van der Waals surface area contributed by atoms with Crippen molar-refractivity contribution in [3.63, 3.8) is 0 Å². The van der Waals surface area contributed by atoms with Crippen molar-refractivity contribution in [3.05, 3.63) is 0 Å². The van der Waals surface area contributed by atoms with Gasteiger partial charge in [-0.15, -0.1) is 0 Å². The van der Waals surface area contributed by atoms with Gasteiger partial charge >= 0.3 is 0 Å². The minimum atomic E-state index is 0.0924. The molecule has 0 unspecified atom stereocenters. The van der Waals surface area contributed by atoms with E-state index < -0.39 is 0 Å². The van der Waals surface area contributed by atoms with Gasteiger partial charge in [0.25, 0.3) is 0 Å². The Hall–Kier alpha value is -0.770. The molecule has 0 bridgehead atoms. The van der Waals surface area contributed by atoms with Gasteiger partial charge in [-0.05, 0) is 11.8 Å². The quantitative estimate of drug-likeness (QED) is 0.403. The average Bonchev–Trinajstić information content (AvgIpc) is 1.68. The third-order valence-electron chi connectivity index (χ3n) is 0.485. The second-order valence-electron chi connectivity index (χ2n) is 1.10. The molecule has 0 fully saturated rings. The first-order valence-electron chi connectivity index (χ1n) is 1.96. The van der Waals surface area contributed by atoms with Gasteiger partial charge in [0.2, 0.25) is 0 Å². The Balaban J connectivity index is 3.25. The fraction of sp³-hybridized carbons (Fsp3) is 0.500. The van der Waals surface area contributed by atoms with E-state index in [1.165, 1.54) is 0 Å². The molecule has 42 valence electrons. The molecule has 0 saturated carbocycles. The van der Waals surface area contributed by atoms with Crippen molar-refractivity contribution in [2.75, 3.05) is 13.1 Å². The van der Waals surface area contributed by atoms with Gasteiger partial charge in [0.15, 0.2) is 0 Å². The minimum Gasteiger partial charge on any atom is -0.197 e. The third kappa shape index (κ3) is 3.42. The molecule has 0 radical (unpaired) electrons. The molecule has 0 N–H and O–H groups in total. The molecule has 0 aliphatic carbocycles. The van der Waals surface area contributed by atoms with Crippen molar-refractivity contribution < 1.29 is 0 Å². The van der Waals surface area contributed by atoms with Crippen LogP contribution in [0.25, 0.3) is 0 Å². The summed E-state index contributed by atoms with van der Waals surface area (Å²) < 4.78 is 1.11. The Morgan fingerprint density at radius 2 is 1.62 bits per heavy atom. The molecule has 0 amide bonds. The van der Waals surface area contributed by atoms with Crippen LogP contribution < -0.4 is 0 Å². The lowest BCUT2D eigenvalue weighted by molar-refractivity contribution is 0.571. The number of nitrogens with zero attached hydrogens (tertiary/aromatic N) is 3. The lowest BCUT2D eigenvalue weighted by atomic mass is 10.6. The van der Waals surface area contributed by atoms with Crippen molar-refractivity contribution in [2.24, 2.45) is 0 Å². The topological polar surface area (TPSA) is 50.8 Å². The van der Waals surface area contributed by atoms with Gasteiger partial charge in [0, 0.05) is 0 Å². The highest BCUT2D eigenvalue weighted by atomic mass is 35.5. The fourth-order valence-corrected chi connectivity index (χ4v) is 0.316. The standard InChI is InChI=1S/C4H4ClN3/c5-8(3-1-6)4-2-7/h3-4H2. The summed E-state index contributed by atoms with van der Waals surface area (Å²) in [6, 6.07) is 3.59. The molecule has 0 saturated heterocycles. The summed E-state index contributed by atoms with van der Waals surface area (Å²) in [5.74, 6) is 0. The van der Waals surface area contributed by atoms with Gasteiger partial charge in [0.05, 0.1) is 12.1 Å². The van der Waals surface area contributed by atoms with Crippen molar-refractivity contribution in [2.45, 2.75) is 0 Å². The van der Waals surface area contributed by atoms with E-state index in [0.29, 0.717) is 0 Å². The number of hydrogen-bond acceptors (Lipinski definition) is 3. The van der Waals surface area contributed by atoms with Crippen molar-refractivity contribution >= 4 is 11.8 Å². The highest BCUT2D eigenvalue weighted by Gasteiger charge is 1.94. The molecule has 0 rings (SSSR count). The van der Waals surface area contributed by atoms with Gasteiger partial charge in [-0.1, -0.05) is 0 Å². The van der Waals surface area contributed by atoms with Crippen molar-refractivity contribution in [1.82, 2.24) is 4.42 Å². The van der Waals surface area contributed by atoms with Crippen LogP contribution in [-0.4, -0.2) is 17.5 Å². The summed E-state index contributed by atoms with van der Waals surface area (Å²) in [5.41, 5.74) is 0. The number of rotatable bonds is 2. The summed E-state index contributed by atoms with van der Waals surface area (Å²) in [4.78, 5) is 0. The normalized spacial score (nSPS) is 8.00. The maximum Gasteiger partial charge on any atom is 0.102 e. The Kier molecular flexibility index (Phi) is 3.97. The van der Waals surface area contributed by atoms with Gasteiger partial charge in [-0.25, -0.2) is 0 Å². The zero-order chi connectivity index (χ0) is 6.41. The van der Waals surface area contributed by atoms with Crippen LogP contribution in [0.3, 0.4) is 0 Å². The number of halogens is 1. The van der Waals surface area contributed by atoms with Crippen LogP contribution in [0.15, 0.2) is 0 Å². The van der Waals surface area contributed by atoms with E-state index in [2.05, 4.69) is 0 Å². The maximum atomic E-state index is 7.98. The Bertz CT molecular complexity index is 115. The lowest BCUT2D eigenvalue weighted by Crippen LogP contribution is -2.11. The maximum absolute atomic E-state index is 7.98. The van der Waals surface area contributed by atoms with Crippen molar-refractivity contribution in [1.29, 1.82) is 10.5 Å². The Morgan fingerprint density at radius 1 is 1.25 bits per heavy atom. The average molecular weight is 130 g/mol. The largest absolute Gasteiger partial charge is 0.197 e. The molecule has 4 heteroatoms.